The number of furan rings is 1. The van der Waals surface area contributed by atoms with E-state index in [9.17, 15) is 9.59 Å². The zero-order valence-corrected chi connectivity index (χ0v) is 16.5. The summed E-state index contributed by atoms with van der Waals surface area (Å²) in [5.74, 6) is -0.0576. The predicted molar refractivity (Wildman–Crippen MR) is 104 cm³/mol. The molecule has 0 amide bonds. The van der Waals surface area contributed by atoms with Crippen LogP contribution in [0.1, 0.15) is 56.7 Å². The van der Waals surface area contributed by atoms with Crippen LogP contribution in [0.4, 0.5) is 0 Å². The number of aromatic nitrogens is 1. The molecular formula is C22H23NO5. The third kappa shape index (κ3) is 3.09. The van der Waals surface area contributed by atoms with Crippen molar-refractivity contribution in [3.63, 3.8) is 0 Å². The zero-order valence-electron chi connectivity index (χ0n) is 16.5. The maximum atomic E-state index is 12.6. The molecule has 0 radical (unpaired) electrons. The molecule has 1 aliphatic carbocycles. The van der Waals surface area contributed by atoms with Gasteiger partial charge in [-0.3, -0.25) is 4.79 Å². The van der Waals surface area contributed by atoms with Crippen molar-refractivity contribution >= 4 is 22.7 Å². The molecule has 1 saturated carbocycles. The van der Waals surface area contributed by atoms with Gasteiger partial charge >= 0.3 is 5.97 Å². The second-order valence-electron chi connectivity index (χ2n) is 7.30. The summed E-state index contributed by atoms with van der Waals surface area (Å²) in [6.07, 6.45) is 2.30. The summed E-state index contributed by atoms with van der Waals surface area (Å²) in [7, 11) is 1.58. The first kappa shape index (κ1) is 18.3. The molecule has 3 aromatic rings. The lowest BCUT2D eigenvalue weighted by Gasteiger charge is -2.07. The Kier molecular flexibility index (Phi) is 4.49. The first-order valence-electron chi connectivity index (χ1n) is 9.36. The minimum atomic E-state index is -0.642. The number of ketones is 1. The molecular weight excluding hydrogens is 358 g/mol. The molecule has 0 saturated heterocycles. The quantitative estimate of drug-likeness (QED) is 0.463. The number of benzene rings is 1. The predicted octanol–water partition coefficient (Wildman–Crippen LogP) is 4.54. The van der Waals surface area contributed by atoms with Crippen molar-refractivity contribution in [1.82, 2.24) is 4.57 Å². The minimum Gasteiger partial charge on any atom is -0.497 e. The van der Waals surface area contributed by atoms with Crippen LogP contribution in [0.3, 0.4) is 0 Å². The molecule has 6 heteroatoms. The van der Waals surface area contributed by atoms with Gasteiger partial charge < -0.3 is 18.5 Å². The zero-order chi connectivity index (χ0) is 20.0. The molecule has 2 heterocycles. The number of nitrogens with zero attached hydrogens (tertiary/aromatic N) is 1. The highest BCUT2D eigenvalue weighted by atomic mass is 16.5. The number of Topliss-reactive ketones (excluding diaryl/α,β-unsaturated/α-hetero) is 1. The molecule has 0 spiro atoms. The van der Waals surface area contributed by atoms with E-state index in [1.807, 2.05) is 26.0 Å². The van der Waals surface area contributed by atoms with Crippen LogP contribution >= 0.6 is 0 Å². The Labute approximate surface area is 163 Å². The summed E-state index contributed by atoms with van der Waals surface area (Å²) in [5, 5.41) is 0.783. The lowest BCUT2D eigenvalue weighted by molar-refractivity contribution is 0.0445. The van der Waals surface area contributed by atoms with E-state index in [0.717, 1.165) is 29.6 Å². The van der Waals surface area contributed by atoms with E-state index >= 15 is 0 Å². The standard InChI is InChI=1S/C22H23NO5/c1-12-9-18(14(3)23(12)15-5-6-15)19(24)11-27-22(25)21-13(2)17-10-16(26-4)7-8-20(17)28-21/h7-10,15H,5-6,11H2,1-4H3. The van der Waals surface area contributed by atoms with Crippen molar-refractivity contribution in [1.29, 1.82) is 0 Å². The van der Waals surface area contributed by atoms with Crippen LogP contribution in [-0.4, -0.2) is 30.0 Å². The molecule has 0 N–H and O–H groups in total. The number of esters is 1. The summed E-state index contributed by atoms with van der Waals surface area (Å²) in [5.41, 5.74) is 3.86. The van der Waals surface area contributed by atoms with Crippen molar-refractivity contribution < 1.29 is 23.5 Å². The number of carbonyl (C=O) groups excluding carboxylic acids is 2. The maximum absolute atomic E-state index is 12.6. The van der Waals surface area contributed by atoms with Crippen LogP contribution in [0.15, 0.2) is 28.7 Å². The number of ether oxygens (including phenoxy) is 2. The van der Waals surface area contributed by atoms with Gasteiger partial charge in [0.05, 0.1) is 7.11 Å². The maximum Gasteiger partial charge on any atom is 0.375 e. The fourth-order valence-electron chi connectivity index (χ4n) is 3.75. The van der Waals surface area contributed by atoms with Crippen LogP contribution in [0.5, 0.6) is 5.75 Å². The molecule has 1 fully saturated rings. The number of rotatable bonds is 6. The lowest BCUT2D eigenvalue weighted by atomic mass is 10.1. The molecule has 0 atom stereocenters. The monoisotopic (exact) mass is 381 g/mol. The Balaban J connectivity index is 1.50. The van der Waals surface area contributed by atoms with E-state index in [-0.39, 0.29) is 18.2 Å². The molecule has 1 aromatic carbocycles. The average Bonchev–Trinajstić information content (AvgIpc) is 3.40. The van der Waals surface area contributed by atoms with Crippen LogP contribution in [-0.2, 0) is 4.74 Å². The van der Waals surface area contributed by atoms with Crippen molar-refractivity contribution in [2.24, 2.45) is 0 Å². The molecule has 0 aliphatic heterocycles. The van der Waals surface area contributed by atoms with Crippen LogP contribution in [0.25, 0.3) is 11.0 Å². The highest BCUT2D eigenvalue weighted by Crippen LogP contribution is 2.38. The summed E-state index contributed by atoms with van der Waals surface area (Å²) >= 11 is 0. The van der Waals surface area contributed by atoms with Gasteiger partial charge in [-0.15, -0.1) is 0 Å². The van der Waals surface area contributed by atoms with Gasteiger partial charge in [0.1, 0.15) is 11.3 Å². The normalized spacial score (nSPS) is 13.7. The summed E-state index contributed by atoms with van der Waals surface area (Å²) in [6, 6.07) is 7.69. The first-order chi connectivity index (χ1) is 13.4. The highest BCUT2D eigenvalue weighted by Gasteiger charge is 2.29. The van der Waals surface area contributed by atoms with Crippen LogP contribution < -0.4 is 4.74 Å². The first-order valence-corrected chi connectivity index (χ1v) is 9.36. The summed E-state index contributed by atoms with van der Waals surface area (Å²) in [6.45, 7) is 5.41. The highest BCUT2D eigenvalue weighted by molar-refractivity contribution is 6.01. The Bertz CT molecular complexity index is 1080. The molecule has 0 unspecified atom stereocenters. The number of hydrogen-bond donors (Lipinski definition) is 0. The Hall–Kier alpha value is -3.02. The van der Waals surface area contributed by atoms with E-state index in [4.69, 9.17) is 13.9 Å². The number of hydrogen-bond acceptors (Lipinski definition) is 5. The number of carbonyl (C=O) groups is 2. The third-order valence-electron chi connectivity index (χ3n) is 5.36. The van der Waals surface area contributed by atoms with Crippen molar-refractivity contribution in [2.45, 2.75) is 39.7 Å². The molecule has 6 nitrogen and oxygen atoms in total. The van der Waals surface area contributed by atoms with Gasteiger partial charge in [-0.25, -0.2) is 4.79 Å². The molecule has 4 rings (SSSR count). The second kappa shape index (κ2) is 6.86. The van der Waals surface area contributed by atoms with Gasteiger partial charge in [0.2, 0.25) is 11.5 Å². The largest absolute Gasteiger partial charge is 0.497 e. The van der Waals surface area contributed by atoms with Gasteiger partial charge in [0, 0.05) is 33.9 Å². The van der Waals surface area contributed by atoms with Gasteiger partial charge in [0.15, 0.2) is 6.61 Å². The SMILES string of the molecule is COc1ccc2oc(C(=O)OCC(=O)c3cc(C)n(C4CC4)c3C)c(C)c2c1. The van der Waals surface area contributed by atoms with Crippen molar-refractivity contribution in [2.75, 3.05) is 13.7 Å². The van der Waals surface area contributed by atoms with Gasteiger partial charge in [0.25, 0.3) is 0 Å². The van der Waals surface area contributed by atoms with E-state index in [0.29, 0.717) is 28.5 Å². The summed E-state index contributed by atoms with van der Waals surface area (Å²) in [4.78, 5) is 25.1. The van der Waals surface area contributed by atoms with Gasteiger partial charge in [-0.2, -0.15) is 0 Å². The molecule has 1 aliphatic rings. The molecule has 2 aromatic heterocycles. The Morgan fingerprint density at radius 3 is 2.61 bits per heavy atom. The van der Waals surface area contributed by atoms with Gasteiger partial charge in [-0.05, 0) is 57.9 Å². The third-order valence-corrected chi connectivity index (χ3v) is 5.36. The lowest BCUT2D eigenvalue weighted by Crippen LogP contribution is -2.15. The second-order valence-corrected chi connectivity index (χ2v) is 7.30. The van der Waals surface area contributed by atoms with E-state index < -0.39 is 5.97 Å². The topological polar surface area (TPSA) is 70.7 Å². The van der Waals surface area contributed by atoms with Crippen molar-refractivity contribution in [3.05, 3.63) is 52.5 Å². The van der Waals surface area contributed by atoms with Crippen molar-refractivity contribution in [3.8, 4) is 5.75 Å². The van der Waals surface area contributed by atoms with E-state index in [1.54, 1.807) is 26.2 Å². The molecule has 146 valence electrons. The average molecular weight is 381 g/mol. The number of fused-ring (bicyclic) bond motifs is 1. The van der Waals surface area contributed by atoms with Crippen LogP contribution in [0.2, 0.25) is 0 Å². The van der Waals surface area contributed by atoms with Gasteiger partial charge in [-0.1, -0.05) is 0 Å². The fraction of sp³-hybridized carbons (Fsp3) is 0.364. The summed E-state index contributed by atoms with van der Waals surface area (Å²) < 4.78 is 18.3. The Morgan fingerprint density at radius 2 is 1.93 bits per heavy atom. The number of aryl methyl sites for hydroxylation is 2. The minimum absolute atomic E-state index is 0.111. The fourth-order valence-corrected chi connectivity index (χ4v) is 3.75. The molecule has 0 bridgehead atoms. The van der Waals surface area contributed by atoms with E-state index in [2.05, 4.69) is 4.57 Å². The van der Waals surface area contributed by atoms with Crippen LogP contribution in [0, 0.1) is 20.8 Å². The molecule has 28 heavy (non-hydrogen) atoms. The Morgan fingerprint density at radius 1 is 1.18 bits per heavy atom. The van der Waals surface area contributed by atoms with E-state index in [1.165, 1.54) is 0 Å². The smallest absolute Gasteiger partial charge is 0.375 e. The number of methoxy groups -OCH3 is 1.